The van der Waals surface area contributed by atoms with Crippen LogP contribution in [0.2, 0.25) is 0 Å². The zero-order valence-corrected chi connectivity index (χ0v) is 14.8. The van der Waals surface area contributed by atoms with E-state index in [1.807, 2.05) is 6.92 Å². The van der Waals surface area contributed by atoms with Crippen LogP contribution in [0.3, 0.4) is 0 Å². The molecule has 3 rings (SSSR count). The van der Waals surface area contributed by atoms with Crippen LogP contribution in [0.25, 0.3) is 0 Å². The van der Waals surface area contributed by atoms with Gasteiger partial charge in [-0.2, -0.15) is 18.4 Å². The highest BCUT2D eigenvalue weighted by Crippen LogP contribution is 2.42. The summed E-state index contributed by atoms with van der Waals surface area (Å²) in [5.74, 6) is -0.198. The van der Waals surface area contributed by atoms with E-state index >= 15 is 0 Å². The Labute approximate surface area is 153 Å². The molecule has 1 aliphatic rings. The van der Waals surface area contributed by atoms with E-state index in [-0.39, 0.29) is 28.7 Å². The first-order chi connectivity index (χ1) is 12.3. The molecule has 1 aromatic heterocycles. The molecule has 1 aliphatic carbocycles. The number of halogens is 4. The van der Waals surface area contributed by atoms with Crippen molar-refractivity contribution < 1.29 is 17.6 Å². The minimum atomic E-state index is -4.62. The maximum Gasteiger partial charge on any atom is 0.418 e. The number of alkyl halides is 3. The second-order valence-corrected chi connectivity index (χ2v) is 7.39. The monoisotopic (exact) mass is 380 g/mol. The SMILES string of the molecule is CC1CCc2nc(SCc3ccccc3F)c(C#N)c(C(F)(F)F)c2C1. The molecule has 0 fully saturated rings. The molecule has 7 heteroatoms. The minimum Gasteiger partial charge on any atom is -0.245 e. The molecule has 0 saturated heterocycles. The summed E-state index contributed by atoms with van der Waals surface area (Å²) in [5, 5.41) is 9.43. The fourth-order valence-electron chi connectivity index (χ4n) is 3.19. The first-order valence-electron chi connectivity index (χ1n) is 8.20. The summed E-state index contributed by atoms with van der Waals surface area (Å²) in [6.45, 7) is 1.90. The van der Waals surface area contributed by atoms with Crippen LogP contribution >= 0.6 is 11.8 Å². The number of fused-ring (bicyclic) bond motifs is 1. The number of nitrogens with zero attached hydrogens (tertiary/aromatic N) is 2. The largest absolute Gasteiger partial charge is 0.418 e. The number of nitriles is 1. The summed E-state index contributed by atoms with van der Waals surface area (Å²) in [7, 11) is 0. The second-order valence-electron chi connectivity index (χ2n) is 6.43. The number of thioether (sulfide) groups is 1. The zero-order chi connectivity index (χ0) is 18.9. The van der Waals surface area contributed by atoms with Crippen LogP contribution in [0.4, 0.5) is 17.6 Å². The topological polar surface area (TPSA) is 36.7 Å². The Kier molecular flexibility index (Phi) is 5.24. The molecule has 2 nitrogen and oxygen atoms in total. The van der Waals surface area contributed by atoms with Crippen molar-refractivity contribution in [1.29, 1.82) is 5.26 Å². The predicted octanol–water partition coefficient (Wildman–Crippen LogP) is 5.53. The van der Waals surface area contributed by atoms with E-state index in [4.69, 9.17) is 0 Å². The normalized spacial score (nSPS) is 16.8. The number of benzene rings is 1. The van der Waals surface area contributed by atoms with Gasteiger partial charge in [-0.25, -0.2) is 9.37 Å². The molecule has 1 atom stereocenters. The lowest BCUT2D eigenvalue weighted by Gasteiger charge is -2.26. The van der Waals surface area contributed by atoms with Crippen molar-refractivity contribution in [3.8, 4) is 6.07 Å². The lowest BCUT2D eigenvalue weighted by atomic mass is 9.84. The van der Waals surface area contributed by atoms with Crippen molar-refractivity contribution in [3.05, 3.63) is 58.0 Å². The molecule has 0 radical (unpaired) electrons. The quantitative estimate of drug-likeness (QED) is 0.519. The molecule has 0 aliphatic heterocycles. The lowest BCUT2D eigenvalue weighted by molar-refractivity contribution is -0.138. The molecule has 0 amide bonds. The van der Waals surface area contributed by atoms with Crippen LogP contribution in [-0.4, -0.2) is 4.98 Å². The van der Waals surface area contributed by atoms with Crippen LogP contribution in [-0.2, 0) is 24.8 Å². The minimum absolute atomic E-state index is 0.0244. The number of pyridine rings is 1. The highest BCUT2D eigenvalue weighted by Gasteiger charge is 2.40. The first kappa shape index (κ1) is 18.7. The van der Waals surface area contributed by atoms with Gasteiger partial charge in [0.05, 0.1) is 11.1 Å². The average Bonchev–Trinajstić information content (AvgIpc) is 2.58. The van der Waals surface area contributed by atoms with Gasteiger partial charge in [0.15, 0.2) is 0 Å². The molecule has 0 saturated carbocycles. The summed E-state index contributed by atoms with van der Waals surface area (Å²) in [5.41, 5.74) is -0.407. The van der Waals surface area contributed by atoms with Gasteiger partial charge in [-0.1, -0.05) is 25.1 Å². The maximum absolute atomic E-state index is 13.8. The second kappa shape index (κ2) is 7.28. The fourth-order valence-corrected chi connectivity index (χ4v) is 4.18. The summed E-state index contributed by atoms with van der Waals surface area (Å²) in [6.07, 6.45) is -3.13. The van der Waals surface area contributed by atoms with Gasteiger partial charge in [0, 0.05) is 11.4 Å². The van der Waals surface area contributed by atoms with Crippen LogP contribution in [0.5, 0.6) is 0 Å². The molecular formula is C19H16F4N2S. The molecule has 0 bridgehead atoms. The average molecular weight is 380 g/mol. The summed E-state index contributed by atoms with van der Waals surface area (Å²) >= 11 is 0.969. The first-order valence-corrected chi connectivity index (χ1v) is 9.19. The van der Waals surface area contributed by atoms with E-state index in [0.29, 0.717) is 17.7 Å². The Balaban J connectivity index is 2.06. The molecule has 136 valence electrons. The van der Waals surface area contributed by atoms with E-state index in [9.17, 15) is 22.8 Å². The van der Waals surface area contributed by atoms with E-state index in [1.165, 1.54) is 6.07 Å². The van der Waals surface area contributed by atoms with Gasteiger partial charge in [0.1, 0.15) is 16.9 Å². The predicted molar refractivity (Wildman–Crippen MR) is 91.1 cm³/mol. The summed E-state index contributed by atoms with van der Waals surface area (Å²) in [6, 6.07) is 7.76. The highest BCUT2D eigenvalue weighted by atomic mass is 32.2. The van der Waals surface area contributed by atoms with Crippen molar-refractivity contribution in [1.82, 2.24) is 4.98 Å². The van der Waals surface area contributed by atoms with Crippen LogP contribution in [0.15, 0.2) is 29.3 Å². The van der Waals surface area contributed by atoms with Gasteiger partial charge in [-0.15, -0.1) is 11.8 Å². The van der Waals surface area contributed by atoms with Crippen molar-refractivity contribution in [2.24, 2.45) is 5.92 Å². The lowest BCUT2D eigenvalue weighted by Crippen LogP contribution is -2.22. The van der Waals surface area contributed by atoms with Crippen LogP contribution in [0.1, 0.15) is 41.3 Å². The molecule has 1 heterocycles. The van der Waals surface area contributed by atoms with E-state index in [0.717, 1.165) is 18.2 Å². The number of aryl methyl sites for hydroxylation is 1. The van der Waals surface area contributed by atoms with Gasteiger partial charge >= 0.3 is 6.18 Å². The Morgan fingerprint density at radius 2 is 2.04 bits per heavy atom. The van der Waals surface area contributed by atoms with E-state index < -0.39 is 23.1 Å². The smallest absolute Gasteiger partial charge is 0.245 e. The number of rotatable bonds is 3. The van der Waals surface area contributed by atoms with Crippen LogP contribution in [0, 0.1) is 23.1 Å². The molecule has 26 heavy (non-hydrogen) atoms. The Bertz CT molecular complexity index is 871. The van der Waals surface area contributed by atoms with Gasteiger partial charge in [0.2, 0.25) is 0 Å². The van der Waals surface area contributed by atoms with Gasteiger partial charge in [-0.05, 0) is 42.4 Å². The van der Waals surface area contributed by atoms with Gasteiger partial charge < -0.3 is 0 Å². The molecule has 2 aromatic rings. The zero-order valence-electron chi connectivity index (χ0n) is 14.0. The van der Waals surface area contributed by atoms with E-state index in [1.54, 1.807) is 24.3 Å². The molecule has 0 N–H and O–H groups in total. The van der Waals surface area contributed by atoms with Gasteiger partial charge in [0.25, 0.3) is 0 Å². The molecular weight excluding hydrogens is 364 g/mol. The molecule has 1 aromatic carbocycles. The summed E-state index contributed by atoms with van der Waals surface area (Å²) < 4.78 is 54.9. The third-order valence-electron chi connectivity index (χ3n) is 4.49. The number of hydrogen-bond donors (Lipinski definition) is 0. The highest BCUT2D eigenvalue weighted by molar-refractivity contribution is 7.98. The Morgan fingerprint density at radius 3 is 2.69 bits per heavy atom. The third kappa shape index (κ3) is 3.70. The Hall–Kier alpha value is -2.07. The number of hydrogen-bond acceptors (Lipinski definition) is 3. The standard InChI is InChI=1S/C19H16F4N2S/c1-11-6-7-16-13(8-11)17(19(21,22)23)14(9-24)18(25-16)26-10-12-4-2-3-5-15(12)20/h2-5,11H,6-8,10H2,1H3. The molecule has 0 spiro atoms. The Morgan fingerprint density at radius 1 is 1.31 bits per heavy atom. The fraction of sp³-hybridized carbons (Fsp3) is 0.368. The van der Waals surface area contributed by atoms with Crippen molar-refractivity contribution in [3.63, 3.8) is 0 Å². The van der Waals surface area contributed by atoms with Crippen LogP contribution < -0.4 is 0 Å². The van der Waals surface area contributed by atoms with E-state index in [2.05, 4.69) is 4.98 Å². The third-order valence-corrected chi connectivity index (χ3v) is 5.52. The van der Waals surface area contributed by atoms with Crippen molar-refractivity contribution in [2.75, 3.05) is 0 Å². The molecule has 1 unspecified atom stereocenters. The van der Waals surface area contributed by atoms with Crippen molar-refractivity contribution in [2.45, 2.75) is 43.1 Å². The maximum atomic E-state index is 13.8. The van der Waals surface area contributed by atoms with Gasteiger partial charge in [-0.3, -0.25) is 0 Å². The van der Waals surface area contributed by atoms with Crippen molar-refractivity contribution >= 4 is 11.8 Å². The summed E-state index contributed by atoms with van der Waals surface area (Å²) in [4.78, 5) is 4.36. The number of aromatic nitrogens is 1.